The predicted octanol–water partition coefficient (Wildman–Crippen LogP) is 2.47. The van der Waals surface area contributed by atoms with Crippen molar-refractivity contribution in [3.05, 3.63) is 27.9 Å². The van der Waals surface area contributed by atoms with Crippen LogP contribution in [0.1, 0.15) is 29.8 Å². The summed E-state index contributed by atoms with van der Waals surface area (Å²) in [6, 6.07) is 2.72. The van der Waals surface area contributed by atoms with Gasteiger partial charge in [0, 0.05) is 17.4 Å². The Kier molecular flexibility index (Phi) is 5.00. The molecule has 1 aliphatic rings. The summed E-state index contributed by atoms with van der Waals surface area (Å²) in [5, 5.41) is 14.7. The SMILES string of the molecule is COC(=O)c1ccc([N+](=O)[O-])c(NC2CCC(SC)C2)n1. The van der Waals surface area contributed by atoms with E-state index in [0.29, 0.717) is 5.25 Å². The van der Waals surface area contributed by atoms with E-state index in [1.54, 1.807) is 11.8 Å². The van der Waals surface area contributed by atoms with Gasteiger partial charge in [-0.3, -0.25) is 10.1 Å². The molecule has 8 heteroatoms. The third kappa shape index (κ3) is 3.63. The number of esters is 1. The molecule has 1 aliphatic carbocycles. The molecule has 1 N–H and O–H groups in total. The smallest absolute Gasteiger partial charge is 0.356 e. The molecule has 0 aromatic carbocycles. The summed E-state index contributed by atoms with van der Waals surface area (Å²) in [7, 11) is 1.25. The van der Waals surface area contributed by atoms with Crippen molar-refractivity contribution in [3.8, 4) is 0 Å². The minimum atomic E-state index is -0.610. The molecule has 1 aromatic rings. The van der Waals surface area contributed by atoms with Gasteiger partial charge >= 0.3 is 11.7 Å². The second kappa shape index (κ2) is 6.75. The average Bonchev–Trinajstić information content (AvgIpc) is 2.93. The van der Waals surface area contributed by atoms with Gasteiger partial charge in [0.25, 0.3) is 0 Å². The Hall–Kier alpha value is -1.83. The van der Waals surface area contributed by atoms with Gasteiger partial charge in [-0.25, -0.2) is 9.78 Å². The maximum absolute atomic E-state index is 11.5. The number of pyridine rings is 1. The lowest BCUT2D eigenvalue weighted by atomic mass is 10.2. The molecule has 2 unspecified atom stereocenters. The van der Waals surface area contributed by atoms with Crippen molar-refractivity contribution in [2.45, 2.75) is 30.6 Å². The van der Waals surface area contributed by atoms with E-state index in [4.69, 9.17) is 0 Å². The zero-order chi connectivity index (χ0) is 15.4. The van der Waals surface area contributed by atoms with Gasteiger partial charge in [0.2, 0.25) is 5.82 Å². The highest BCUT2D eigenvalue weighted by Crippen LogP contribution is 2.32. The molecule has 2 atom stereocenters. The summed E-state index contributed by atoms with van der Waals surface area (Å²) in [4.78, 5) is 26.1. The molecular formula is C13H17N3O4S. The monoisotopic (exact) mass is 311 g/mol. The van der Waals surface area contributed by atoms with Crippen LogP contribution in [0.5, 0.6) is 0 Å². The van der Waals surface area contributed by atoms with Crippen molar-refractivity contribution < 1.29 is 14.5 Å². The van der Waals surface area contributed by atoms with Crippen LogP contribution in [0.2, 0.25) is 0 Å². The van der Waals surface area contributed by atoms with Crippen LogP contribution < -0.4 is 5.32 Å². The van der Waals surface area contributed by atoms with Gasteiger partial charge < -0.3 is 10.1 Å². The zero-order valence-electron chi connectivity index (χ0n) is 11.9. The van der Waals surface area contributed by atoms with E-state index in [2.05, 4.69) is 21.3 Å². The summed E-state index contributed by atoms with van der Waals surface area (Å²) in [6.07, 6.45) is 5.00. The fourth-order valence-electron chi connectivity index (χ4n) is 2.40. The molecule has 0 spiro atoms. The summed E-state index contributed by atoms with van der Waals surface area (Å²) < 4.78 is 4.59. The lowest BCUT2D eigenvalue weighted by Gasteiger charge is -2.14. The molecule has 0 bridgehead atoms. The van der Waals surface area contributed by atoms with Crippen LogP contribution in [0.15, 0.2) is 12.1 Å². The second-order valence-electron chi connectivity index (χ2n) is 4.82. The number of thioether (sulfide) groups is 1. The number of hydrogen-bond acceptors (Lipinski definition) is 7. The molecule has 1 saturated carbocycles. The highest BCUT2D eigenvalue weighted by atomic mass is 32.2. The molecule has 2 rings (SSSR count). The Morgan fingerprint density at radius 3 is 2.86 bits per heavy atom. The zero-order valence-corrected chi connectivity index (χ0v) is 12.7. The number of ether oxygens (including phenoxy) is 1. The first-order chi connectivity index (χ1) is 10.0. The van der Waals surface area contributed by atoms with Crippen molar-refractivity contribution in [2.75, 3.05) is 18.7 Å². The van der Waals surface area contributed by atoms with Crippen LogP contribution in [0.25, 0.3) is 0 Å². The lowest BCUT2D eigenvalue weighted by Crippen LogP contribution is -2.19. The highest BCUT2D eigenvalue weighted by Gasteiger charge is 2.27. The van der Waals surface area contributed by atoms with Crippen molar-refractivity contribution in [1.82, 2.24) is 4.98 Å². The molecule has 1 heterocycles. The normalized spacial score (nSPS) is 21.0. The lowest BCUT2D eigenvalue weighted by molar-refractivity contribution is -0.384. The molecule has 21 heavy (non-hydrogen) atoms. The fourth-order valence-corrected chi connectivity index (χ4v) is 3.20. The van der Waals surface area contributed by atoms with Crippen molar-refractivity contribution in [2.24, 2.45) is 0 Å². The first-order valence-electron chi connectivity index (χ1n) is 6.58. The van der Waals surface area contributed by atoms with Gasteiger partial charge in [-0.2, -0.15) is 11.8 Å². The minimum Gasteiger partial charge on any atom is -0.464 e. The Bertz CT molecular complexity index is 552. The number of nitro groups is 1. The van der Waals surface area contributed by atoms with E-state index >= 15 is 0 Å². The molecule has 114 valence electrons. The van der Waals surface area contributed by atoms with E-state index in [0.717, 1.165) is 19.3 Å². The Morgan fingerprint density at radius 2 is 2.29 bits per heavy atom. The van der Waals surface area contributed by atoms with Crippen molar-refractivity contribution in [3.63, 3.8) is 0 Å². The second-order valence-corrected chi connectivity index (χ2v) is 5.96. The summed E-state index contributed by atoms with van der Waals surface area (Å²) >= 11 is 1.80. The van der Waals surface area contributed by atoms with E-state index in [9.17, 15) is 14.9 Å². The molecule has 0 saturated heterocycles. The van der Waals surface area contributed by atoms with E-state index in [1.165, 1.54) is 19.2 Å². The highest BCUT2D eigenvalue weighted by molar-refractivity contribution is 7.99. The maximum atomic E-state index is 11.5. The molecular weight excluding hydrogens is 294 g/mol. The van der Waals surface area contributed by atoms with Gasteiger partial charge in [0.05, 0.1) is 12.0 Å². The predicted molar refractivity (Wildman–Crippen MR) is 80.8 cm³/mol. The Labute approximate surface area is 126 Å². The van der Waals surface area contributed by atoms with Crippen LogP contribution in [-0.4, -0.2) is 40.5 Å². The summed E-state index contributed by atoms with van der Waals surface area (Å²) in [5.41, 5.74) is -0.0692. The largest absolute Gasteiger partial charge is 0.464 e. The number of anilines is 1. The summed E-state index contributed by atoms with van der Waals surface area (Å²) in [6.45, 7) is 0. The Morgan fingerprint density at radius 1 is 1.52 bits per heavy atom. The van der Waals surface area contributed by atoms with E-state index in [-0.39, 0.29) is 23.2 Å². The quantitative estimate of drug-likeness (QED) is 0.507. The van der Waals surface area contributed by atoms with Gasteiger partial charge in [-0.05, 0) is 31.6 Å². The van der Waals surface area contributed by atoms with Crippen LogP contribution in [0.4, 0.5) is 11.5 Å². The molecule has 1 aromatic heterocycles. The van der Waals surface area contributed by atoms with E-state index < -0.39 is 10.9 Å². The van der Waals surface area contributed by atoms with Crippen LogP contribution in [0, 0.1) is 10.1 Å². The van der Waals surface area contributed by atoms with Gasteiger partial charge in [-0.1, -0.05) is 0 Å². The van der Waals surface area contributed by atoms with E-state index in [1.807, 2.05) is 0 Å². The van der Waals surface area contributed by atoms with Crippen LogP contribution in [-0.2, 0) is 4.74 Å². The number of nitrogens with zero attached hydrogens (tertiary/aromatic N) is 2. The average molecular weight is 311 g/mol. The molecule has 7 nitrogen and oxygen atoms in total. The minimum absolute atomic E-state index is 0.0602. The topological polar surface area (TPSA) is 94.4 Å². The molecule has 1 fully saturated rings. The van der Waals surface area contributed by atoms with Gasteiger partial charge in [0.15, 0.2) is 5.69 Å². The number of rotatable bonds is 5. The summed E-state index contributed by atoms with van der Waals surface area (Å²) in [5.74, 6) is -0.476. The molecule has 0 radical (unpaired) electrons. The first-order valence-corrected chi connectivity index (χ1v) is 7.87. The third-order valence-corrected chi connectivity index (χ3v) is 4.62. The fraction of sp³-hybridized carbons (Fsp3) is 0.538. The third-order valence-electron chi connectivity index (χ3n) is 3.52. The molecule has 0 aliphatic heterocycles. The molecule has 0 amide bonds. The maximum Gasteiger partial charge on any atom is 0.356 e. The van der Waals surface area contributed by atoms with Crippen LogP contribution >= 0.6 is 11.8 Å². The number of hydrogen-bond donors (Lipinski definition) is 1. The van der Waals surface area contributed by atoms with Crippen molar-refractivity contribution >= 4 is 29.2 Å². The van der Waals surface area contributed by atoms with Gasteiger partial charge in [0.1, 0.15) is 0 Å². The number of carbonyl (C=O) groups excluding carboxylic acids is 1. The standard InChI is InChI=1S/C13H17N3O4S/c1-20-13(17)10-5-6-11(16(18)19)12(15-10)14-8-3-4-9(7-8)21-2/h5-6,8-9H,3-4,7H2,1-2H3,(H,14,15). The van der Waals surface area contributed by atoms with Gasteiger partial charge in [-0.15, -0.1) is 0 Å². The number of methoxy groups -OCH3 is 1. The van der Waals surface area contributed by atoms with Crippen molar-refractivity contribution in [1.29, 1.82) is 0 Å². The number of nitrogens with one attached hydrogen (secondary N) is 1. The van der Waals surface area contributed by atoms with Crippen LogP contribution in [0.3, 0.4) is 0 Å². The number of aromatic nitrogens is 1. The number of carbonyl (C=O) groups is 1. The Balaban J connectivity index is 2.22. The first kappa shape index (κ1) is 15.6.